The predicted molar refractivity (Wildman–Crippen MR) is 80.5 cm³/mol. The van der Waals surface area contributed by atoms with Gasteiger partial charge in [0, 0.05) is 20.1 Å². The van der Waals surface area contributed by atoms with Crippen molar-refractivity contribution in [3.8, 4) is 0 Å². The Morgan fingerprint density at radius 3 is 2.65 bits per heavy atom. The van der Waals surface area contributed by atoms with Crippen molar-refractivity contribution in [3.05, 3.63) is 29.8 Å². The molecule has 0 radical (unpaired) electrons. The normalized spacial score (nSPS) is 9.70. The van der Waals surface area contributed by atoms with Gasteiger partial charge in [-0.25, -0.2) is 0 Å². The third kappa shape index (κ3) is 5.33. The van der Waals surface area contributed by atoms with Crippen molar-refractivity contribution in [2.24, 2.45) is 0 Å². The van der Waals surface area contributed by atoms with Crippen LogP contribution >= 0.6 is 12.2 Å². The SMILES string of the molecule is CC(=O)NC(=S)Nc1ccccc1C(=O)NCCCO. The molecular weight excluding hydrogens is 278 g/mol. The fourth-order valence-corrected chi connectivity index (χ4v) is 1.73. The topological polar surface area (TPSA) is 90.5 Å². The lowest BCUT2D eigenvalue weighted by molar-refractivity contribution is -0.117. The lowest BCUT2D eigenvalue weighted by atomic mass is 10.1. The van der Waals surface area contributed by atoms with Gasteiger partial charge in [-0.15, -0.1) is 0 Å². The highest BCUT2D eigenvalue weighted by Crippen LogP contribution is 2.14. The van der Waals surface area contributed by atoms with Gasteiger partial charge in [0.2, 0.25) is 5.91 Å². The summed E-state index contributed by atoms with van der Waals surface area (Å²) in [5.41, 5.74) is 0.922. The molecule has 1 rings (SSSR count). The number of amides is 2. The highest BCUT2D eigenvalue weighted by atomic mass is 32.1. The van der Waals surface area contributed by atoms with Crippen LogP contribution in [0.4, 0.5) is 5.69 Å². The largest absolute Gasteiger partial charge is 0.396 e. The number of carbonyl (C=O) groups is 2. The molecule has 0 fully saturated rings. The van der Waals surface area contributed by atoms with E-state index in [1.807, 2.05) is 0 Å². The molecule has 1 aromatic rings. The van der Waals surface area contributed by atoms with E-state index in [0.717, 1.165) is 0 Å². The number of thiocarbonyl (C=S) groups is 1. The average molecular weight is 295 g/mol. The highest BCUT2D eigenvalue weighted by molar-refractivity contribution is 7.80. The van der Waals surface area contributed by atoms with Crippen molar-refractivity contribution < 1.29 is 14.7 Å². The molecule has 4 N–H and O–H groups in total. The van der Waals surface area contributed by atoms with Crippen LogP contribution in [0.1, 0.15) is 23.7 Å². The second kappa shape index (κ2) is 8.23. The van der Waals surface area contributed by atoms with E-state index in [0.29, 0.717) is 24.2 Å². The first-order valence-corrected chi connectivity index (χ1v) is 6.52. The molecule has 0 saturated carbocycles. The van der Waals surface area contributed by atoms with E-state index in [-0.39, 0.29) is 23.5 Å². The van der Waals surface area contributed by atoms with Crippen molar-refractivity contribution in [1.29, 1.82) is 0 Å². The molecule has 0 bridgehead atoms. The number of anilines is 1. The summed E-state index contributed by atoms with van der Waals surface area (Å²) < 4.78 is 0. The second-order valence-corrected chi connectivity index (χ2v) is 4.42. The van der Waals surface area contributed by atoms with Crippen molar-refractivity contribution in [2.75, 3.05) is 18.5 Å². The molecule has 0 aliphatic rings. The van der Waals surface area contributed by atoms with Gasteiger partial charge in [-0.3, -0.25) is 9.59 Å². The third-order valence-corrected chi connectivity index (χ3v) is 2.53. The van der Waals surface area contributed by atoms with E-state index in [1.54, 1.807) is 24.3 Å². The van der Waals surface area contributed by atoms with Crippen LogP contribution in [0.5, 0.6) is 0 Å². The smallest absolute Gasteiger partial charge is 0.253 e. The summed E-state index contributed by atoms with van der Waals surface area (Å²) in [6.45, 7) is 1.76. The summed E-state index contributed by atoms with van der Waals surface area (Å²) in [7, 11) is 0. The fraction of sp³-hybridized carbons (Fsp3) is 0.308. The first-order chi connectivity index (χ1) is 9.54. The highest BCUT2D eigenvalue weighted by Gasteiger charge is 2.11. The lowest BCUT2D eigenvalue weighted by Gasteiger charge is -2.12. The van der Waals surface area contributed by atoms with Crippen LogP contribution < -0.4 is 16.0 Å². The van der Waals surface area contributed by atoms with Crippen molar-refractivity contribution in [1.82, 2.24) is 10.6 Å². The average Bonchev–Trinajstić information content (AvgIpc) is 2.38. The molecule has 0 unspecified atom stereocenters. The molecule has 20 heavy (non-hydrogen) atoms. The van der Waals surface area contributed by atoms with Crippen LogP contribution in [0.3, 0.4) is 0 Å². The molecule has 0 aliphatic carbocycles. The van der Waals surface area contributed by atoms with E-state index >= 15 is 0 Å². The molecule has 108 valence electrons. The lowest BCUT2D eigenvalue weighted by Crippen LogP contribution is -2.33. The molecule has 1 aromatic carbocycles. The van der Waals surface area contributed by atoms with Gasteiger partial charge in [0.25, 0.3) is 5.91 Å². The van der Waals surface area contributed by atoms with E-state index in [4.69, 9.17) is 17.3 Å². The zero-order valence-electron chi connectivity index (χ0n) is 11.1. The quantitative estimate of drug-likeness (QED) is 0.472. The van der Waals surface area contributed by atoms with Gasteiger partial charge in [0.15, 0.2) is 5.11 Å². The maximum absolute atomic E-state index is 12.0. The zero-order chi connectivity index (χ0) is 15.0. The Labute approximate surface area is 122 Å². The first-order valence-electron chi connectivity index (χ1n) is 6.11. The molecule has 0 aromatic heterocycles. The maximum Gasteiger partial charge on any atom is 0.253 e. The summed E-state index contributed by atoms with van der Waals surface area (Å²) in [5, 5.41) is 16.7. The van der Waals surface area contributed by atoms with E-state index in [2.05, 4.69) is 16.0 Å². The number of benzene rings is 1. The van der Waals surface area contributed by atoms with Gasteiger partial charge in [0.1, 0.15) is 0 Å². The Bertz CT molecular complexity index is 505. The Morgan fingerprint density at radius 2 is 2.00 bits per heavy atom. The number of hydrogen-bond donors (Lipinski definition) is 4. The maximum atomic E-state index is 12.0. The summed E-state index contributed by atoms with van der Waals surface area (Å²) in [5.74, 6) is -0.556. The number of aliphatic hydroxyl groups is 1. The van der Waals surface area contributed by atoms with Crippen molar-refractivity contribution in [3.63, 3.8) is 0 Å². The Balaban J connectivity index is 2.74. The van der Waals surface area contributed by atoms with Crippen molar-refractivity contribution >= 4 is 34.8 Å². The minimum atomic E-state index is -0.285. The molecule has 0 aliphatic heterocycles. The Hall–Kier alpha value is -1.99. The van der Waals surface area contributed by atoms with Gasteiger partial charge in [0.05, 0.1) is 11.3 Å². The third-order valence-electron chi connectivity index (χ3n) is 2.33. The number of para-hydroxylation sites is 1. The molecule has 2 amide bonds. The number of carbonyl (C=O) groups excluding carboxylic acids is 2. The zero-order valence-corrected chi connectivity index (χ0v) is 11.9. The van der Waals surface area contributed by atoms with Gasteiger partial charge >= 0.3 is 0 Å². The van der Waals surface area contributed by atoms with Gasteiger partial charge in [-0.2, -0.15) is 0 Å². The van der Waals surface area contributed by atoms with E-state index in [1.165, 1.54) is 6.92 Å². The summed E-state index contributed by atoms with van der Waals surface area (Å²) >= 11 is 4.96. The molecule has 0 saturated heterocycles. The van der Waals surface area contributed by atoms with Crippen LogP contribution in [0.2, 0.25) is 0 Å². The van der Waals surface area contributed by atoms with E-state index < -0.39 is 0 Å². The summed E-state index contributed by atoms with van der Waals surface area (Å²) in [6, 6.07) is 6.82. The number of aliphatic hydroxyl groups excluding tert-OH is 1. The number of nitrogens with one attached hydrogen (secondary N) is 3. The molecule has 7 heteroatoms. The summed E-state index contributed by atoms with van der Waals surface area (Å²) in [4.78, 5) is 22.9. The fourth-order valence-electron chi connectivity index (χ4n) is 1.48. The summed E-state index contributed by atoms with van der Waals surface area (Å²) in [6.07, 6.45) is 0.492. The molecule has 0 heterocycles. The standard InChI is InChI=1S/C13H17N3O3S/c1-9(18)15-13(20)16-11-6-3-2-5-10(11)12(19)14-7-4-8-17/h2-3,5-6,17H,4,7-8H2,1H3,(H,14,19)(H2,15,16,18,20). The molecule has 0 spiro atoms. The minimum absolute atomic E-state index is 0.0206. The number of hydrogen-bond acceptors (Lipinski definition) is 4. The molecular formula is C13H17N3O3S. The Morgan fingerprint density at radius 1 is 1.30 bits per heavy atom. The van der Waals surface area contributed by atoms with Gasteiger partial charge in [-0.05, 0) is 30.8 Å². The van der Waals surface area contributed by atoms with Gasteiger partial charge in [-0.1, -0.05) is 12.1 Å². The molecule has 6 nitrogen and oxygen atoms in total. The Kier molecular flexibility index (Phi) is 6.61. The second-order valence-electron chi connectivity index (χ2n) is 4.01. The molecule has 0 atom stereocenters. The van der Waals surface area contributed by atoms with Crippen molar-refractivity contribution in [2.45, 2.75) is 13.3 Å². The van der Waals surface area contributed by atoms with Crippen LogP contribution in [-0.4, -0.2) is 35.2 Å². The van der Waals surface area contributed by atoms with Gasteiger partial charge < -0.3 is 21.1 Å². The predicted octanol–water partition coefficient (Wildman–Crippen LogP) is 0.632. The minimum Gasteiger partial charge on any atom is -0.396 e. The first kappa shape index (κ1) is 16.1. The monoisotopic (exact) mass is 295 g/mol. The van der Waals surface area contributed by atoms with E-state index in [9.17, 15) is 9.59 Å². The van der Waals surface area contributed by atoms with Crippen LogP contribution in [0.25, 0.3) is 0 Å². The van der Waals surface area contributed by atoms with Crippen LogP contribution in [0, 0.1) is 0 Å². The van der Waals surface area contributed by atoms with Crippen LogP contribution in [0.15, 0.2) is 24.3 Å². The number of rotatable bonds is 5. The van der Waals surface area contributed by atoms with Crippen LogP contribution in [-0.2, 0) is 4.79 Å².